The maximum absolute atomic E-state index is 11.3. The minimum absolute atomic E-state index is 0. The number of nitrogens with zero attached hydrogens (tertiary/aromatic N) is 3. The molecule has 0 saturated carbocycles. The molecule has 0 spiro atoms. The first-order valence-electron chi connectivity index (χ1n) is 18.5. The molecule has 6 heteroatoms. The molecule has 0 unspecified atom stereocenters. The first kappa shape index (κ1) is 35.4. The van der Waals surface area contributed by atoms with Gasteiger partial charge in [-0.25, -0.2) is 4.98 Å². The van der Waals surface area contributed by atoms with E-state index >= 15 is 0 Å². The van der Waals surface area contributed by atoms with Crippen LogP contribution >= 0.6 is 0 Å². The molecule has 0 saturated heterocycles. The largest absolute Gasteiger partial charge is 0.507 e. The molecule has 10 rings (SSSR count). The van der Waals surface area contributed by atoms with Crippen LogP contribution in [0.25, 0.3) is 94.3 Å². The van der Waals surface area contributed by atoms with Crippen molar-refractivity contribution in [2.75, 3.05) is 0 Å². The molecule has 1 N–H and O–H groups in total. The Hall–Kier alpha value is -6.29. The van der Waals surface area contributed by atoms with E-state index in [2.05, 4.69) is 141 Å². The number of phenols is 1. The summed E-state index contributed by atoms with van der Waals surface area (Å²) >= 11 is 0. The summed E-state index contributed by atoms with van der Waals surface area (Å²) in [7, 11) is 0. The molecule has 0 atom stereocenters. The number of aromatic hydroxyl groups is 1. The van der Waals surface area contributed by atoms with Crippen molar-refractivity contribution in [3.63, 3.8) is 0 Å². The summed E-state index contributed by atoms with van der Waals surface area (Å²) in [5.41, 5.74) is 11.8. The summed E-state index contributed by atoms with van der Waals surface area (Å²) in [6.07, 6.45) is 1.82. The quantitative estimate of drug-likeness (QED) is 0.175. The third-order valence-corrected chi connectivity index (χ3v) is 10.6. The number of imidazole rings is 1. The number of hydrogen-bond donors (Lipinski definition) is 1. The second kappa shape index (κ2) is 13.8. The molecule has 274 valence electrons. The molecule has 0 fully saturated rings. The zero-order chi connectivity index (χ0) is 37.3. The Kier molecular flexibility index (Phi) is 8.71. The Morgan fingerprint density at radius 2 is 1.39 bits per heavy atom. The van der Waals surface area contributed by atoms with Crippen LogP contribution in [0.5, 0.6) is 5.75 Å². The van der Waals surface area contributed by atoms with E-state index in [4.69, 9.17) is 14.4 Å². The summed E-state index contributed by atoms with van der Waals surface area (Å²) in [5, 5.41) is 15.7. The number of pyridine rings is 1. The van der Waals surface area contributed by atoms with Gasteiger partial charge in [-0.2, -0.15) is 0 Å². The van der Waals surface area contributed by atoms with Crippen LogP contribution in [0.2, 0.25) is 0 Å². The second-order valence-corrected chi connectivity index (χ2v) is 15.1. The van der Waals surface area contributed by atoms with E-state index in [-0.39, 0.29) is 32.2 Å². The predicted molar refractivity (Wildman–Crippen MR) is 225 cm³/mol. The van der Waals surface area contributed by atoms with E-state index in [9.17, 15) is 5.11 Å². The molecule has 0 aliphatic rings. The van der Waals surface area contributed by atoms with Crippen LogP contribution in [0.4, 0.5) is 0 Å². The van der Waals surface area contributed by atoms with Crippen molar-refractivity contribution < 1.29 is 30.6 Å². The Balaban J connectivity index is 0.00000410. The van der Waals surface area contributed by atoms with Crippen molar-refractivity contribution in [1.82, 2.24) is 14.5 Å². The van der Waals surface area contributed by atoms with Crippen LogP contribution in [-0.4, -0.2) is 19.6 Å². The predicted octanol–water partition coefficient (Wildman–Crippen LogP) is 12.9. The summed E-state index contributed by atoms with van der Waals surface area (Å²) in [4.78, 5) is 10.2. The number of hydrogen-bond acceptors (Lipinski definition) is 4. The van der Waals surface area contributed by atoms with Crippen molar-refractivity contribution in [2.45, 2.75) is 26.2 Å². The third-order valence-electron chi connectivity index (χ3n) is 10.6. The van der Waals surface area contributed by atoms with Gasteiger partial charge in [0.2, 0.25) is 0 Å². The van der Waals surface area contributed by atoms with Gasteiger partial charge in [-0.15, -0.1) is 29.8 Å². The molecule has 3 aromatic heterocycles. The molecule has 0 bridgehead atoms. The fraction of sp³-hybridized carbons (Fsp3) is 0.0800. The number of phenolic OH excluding ortho intramolecular Hbond substituents is 1. The minimum atomic E-state index is -0.0501. The van der Waals surface area contributed by atoms with Crippen LogP contribution in [0.1, 0.15) is 26.3 Å². The Bertz CT molecular complexity index is 3100. The first-order chi connectivity index (χ1) is 26.8. The number of fused-ring (bicyclic) bond motifs is 6. The van der Waals surface area contributed by atoms with Gasteiger partial charge in [-0.05, 0) is 63.7 Å². The van der Waals surface area contributed by atoms with Crippen molar-refractivity contribution in [3.8, 4) is 56.3 Å². The molecule has 7 aromatic carbocycles. The fourth-order valence-electron chi connectivity index (χ4n) is 7.83. The average Bonchev–Trinajstić information content (AvgIpc) is 3.79. The van der Waals surface area contributed by atoms with E-state index in [1.54, 1.807) is 6.07 Å². The molecule has 0 aliphatic heterocycles. The smallest absolute Gasteiger partial charge is 0.152 e. The van der Waals surface area contributed by atoms with Crippen LogP contribution in [-0.2, 0) is 26.5 Å². The molecule has 0 amide bonds. The zero-order valence-electron chi connectivity index (χ0n) is 31.0. The first-order valence-corrected chi connectivity index (χ1v) is 18.5. The van der Waals surface area contributed by atoms with Gasteiger partial charge < -0.3 is 9.52 Å². The van der Waals surface area contributed by atoms with Crippen molar-refractivity contribution in [3.05, 3.63) is 169 Å². The maximum Gasteiger partial charge on any atom is 0.152 e. The normalized spacial score (nSPS) is 11.8. The van der Waals surface area contributed by atoms with Gasteiger partial charge in [0, 0.05) is 43.1 Å². The van der Waals surface area contributed by atoms with Gasteiger partial charge in [0.05, 0.1) is 28.5 Å². The van der Waals surface area contributed by atoms with Gasteiger partial charge >= 0.3 is 0 Å². The van der Waals surface area contributed by atoms with Crippen molar-refractivity contribution in [1.29, 1.82) is 0 Å². The average molecular weight is 906 g/mol. The summed E-state index contributed by atoms with van der Waals surface area (Å²) < 4.78 is 8.44. The van der Waals surface area contributed by atoms with E-state index in [1.165, 1.54) is 10.9 Å². The molecular formula is C50H36N3O2Pt-. The van der Waals surface area contributed by atoms with Gasteiger partial charge in [-0.1, -0.05) is 129 Å². The van der Waals surface area contributed by atoms with Crippen LogP contribution in [0.3, 0.4) is 0 Å². The number of furan rings is 1. The Morgan fingerprint density at radius 3 is 2.23 bits per heavy atom. The maximum atomic E-state index is 11.3. The molecule has 56 heavy (non-hydrogen) atoms. The minimum Gasteiger partial charge on any atom is -0.507 e. The number of aromatic nitrogens is 3. The van der Waals surface area contributed by atoms with Crippen molar-refractivity contribution >= 4 is 43.7 Å². The van der Waals surface area contributed by atoms with E-state index in [1.807, 2.05) is 42.6 Å². The summed E-state index contributed by atoms with van der Waals surface area (Å²) in [5.74, 6) is 0.825. The molecule has 3 heterocycles. The van der Waals surface area contributed by atoms with E-state index in [0.717, 1.165) is 77.6 Å². The van der Waals surface area contributed by atoms with Gasteiger partial charge in [0.15, 0.2) is 5.58 Å². The van der Waals surface area contributed by atoms with Crippen LogP contribution < -0.4 is 0 Å². The second-order valence-electron chi connectivity index (χ2n) is 15.1. The van der Waals surface area contributed by atoms with Crippen LogP contribution in [0, 0.1) is 6.07 Å². The monoisotopic (exact) mass is 905 g/mol. The van der Waals surface area contributed by atoms with Gasteiger partial charge in [0.25, 0.3) is 0 Å². The topological polar surface area (TPSA) is 64.1 Å². The standard InChI is InChI=1S/C50H36N3O2.Pt/c1-50(2,3)35-24-25-42(39(28-35)31-13-5-4-6-14-31)53-43-21-12-20-37(48(43)52-49(53)38-19-9-10-22-44(38)54)33-16-11-17-34(27-33)41-29-40-46(30-51-41)55-45-26-23-32-15-7-8-18-36(32)47(40)45;/h4-26,28-30,54H,1-3H3;/q-1;. The zero-order valence-corrected chi connectivity index (χ0v) is 33.3. The molecule has 5 nitrogen and oxygen atoms in total. The van der Waals surface area contributed by atoms with Gasteiger partial charge in [0.1, 0.15) is 17.2 Å². The van der Waals surface area contributed by atoms with E-state index in [0.29, 0.717) is 11.4 Å². The molecular weight excluding hydrogens is 870 g/mol. The van der Waals surface area contributed by atoms with Crippen LogP contribution in [0.15, 0.2) is 162 Å². The van der Waals surface area contributed by atoms with E-state index < -0.39 is 0 Å². The SMILES string of the molecule is CC(C)(C)c1ccc(-n2c(-c3ccccc3O)nc3c(-c4[c-]c(-c5cc6c(cn5)oc5ccc7ccccc7c56)ccc4)cccc32)c(-c2ccccc2)c1.[Pt]. The fourth-order valence-corrected chi connectivity index (χ4v) is 7.83. The molecule has 10 aromatic rings. The summed E-state index contributed by atoms with van der Waals surface area (Å²) in [6.45, 7) is 6.71. The molecule has 0 aliphatic carbocycles. The van der Waals surface area contributed by atoms with Gasteiger partial charge in [-0.3, -0.25) is 9.55 Å². The third kappa shape index (κ3) is 5.91. The van der Waals surface area contributed by atoms with Crippen molar-refractivity contribution in [2.24, 2.45) is 0 Å². The summed E-state index contributed by atoms with van der Waals surface area (Å²) in [6, 6.07) is 55.4. The number of benzene rings is 7. The molecule has 0 radical (unpaired) electrons. The number of para-hydroxylation sites is 2. The number of rotatable bonds is 5. The Labute approximate surface area is 339 Å². The Morgan fingerprint density at radius 1 is 0.643 bits per heavy atom.